The van der Waals surface area contributed by atoms with Gasteiger partial charge >= 0.3 is 11.9 Å². The zero-order valence-electron chi connectivity index (χ0n) is 21.2. The van der Waals surface area contributed by atoms with Crippen molar-refractivity contribution in [3.63, 3.8) is 0 Å². The first kappa shape index (κ1) is 28.6. The summed E-state index contributed by atoms with van der Waals surface area (Å²) in [6.07, 6.45) is 8.19. The van der Waals surface area contributed by atoms with Crippen molar-refractivity contribution in [3.8, 4) is 5.75 Å². The van der Waals surface area contributed by atoms with Crippen LogP contribution in [-0.2, 0) is 25.5 Å². The number of unbranched alkanes of at least 4 members (excludes halogenated alkanes) is 3. The number of hydrogen-bond donors (Lipinski definition) is 3. The quantitative estimate of drug-likeness (QED) is 0.198. The molecule has 0 spiro atoms. The van der Waals surface area contributed by atoms with Crippen molar-refractivity contribution >= 4 is 11.9 Å². The summed E-state index contributed by atoms with van der Waals surface area (Å²) in [4.78, 5) is 23.4. The van der Waals surface area contributed by atoms with Crippen LogP contribution in [0.25, 0.3) is 0 Å². The molecule has 2 rings (SSSR count). The maximum atomic E-state index is 12.1. The van der Waals surface area contributed by atoms with Crippen molar-refractivity contribution in [2.24, 2.45) is 5.92 Å². The highest BCUT2D eigenvalue weighted by Gasteiger charge is 2.33. The van der Waals surface area contributed by atoms with Gasteiger partial charge in [0.2, 0.25) is 0 Å². The molecule has 3 N–H and O–H groups in total. The highest BCUT2D eigenvalue weighted by Crippen LogP contribution is 2.37. The molecule has 0 bridgehead atoms. The number of phenolic OH excluding ortho intramolecular Hbond substituents is 1. The summed E-state index contributed by atoms with van der Waals surface area (Å²) in [6, 6.07) is 5.24. The number of aliphatic hydroxyl groups excluding tert-OH is 2. The predicted molar refractivity (Wildman–Crippen MR) is 134 cm³/mol. The Morgan fingerprint density at radius 2 is 1.89 bits per heavy atom. The fourth-order valence-electron chi connectivity index (χ4n) is 4.36. The predicted octanol–water partition coefficient (Wildman–Crippen LogP) is 4.65. The van der Waals surface area contributed by atoms with Gasteiger partial charge in [0.25, 0.3) is 0 Å². The third-order valence-electron chi connectivity index (χ3n) is 6.31. The highest BCUT2D eigenvalue weighted by molar-refractivity contribution is 5.70. The maximum absolute atomic E-state index is 12.1. The molecule has 194 valence electrons. The van der Waals surface area contributed by atoms with Crippen molar-refractivity contribution in [2.75, 3.05) is 7.11 Å². The minimum Gasteiger partial charge on any atom is -0.508 e. The number of carbonyl (C=O) groups is 2. The normalized spacial score (nSPS) is 18.8. The van der Waals surface area contributed by atoms with Crippen LogP contribution in [0.5, 0.6) is 5.75 Å². The smallest absolute Gasteiger partial charge is 0.310 e. The summed E-state index contributed by atoms with van der Waals surface area (Å²) in [5.41, 5.74) is 2.56. The molecule has 7 nitrogen and oxygen atoms in total. The summed E-state index contributed by atoms with van der Waals surface area (Å²) in [5, 5.41) is 31.0. The van der Waals surface area contributed by atoms with E-state index in [9.17, 15) is 24.9 Å². The Balaban J connectivity index is 2.04. The van der Waals surface area contributed by atoms with E-state index in [1.165, 1.54) is 7.11 Å². The molecule has 0 heterocycles. The van der Waals surface area contributed by atoms with Gasteiger partial charge in [0.1, 0.15) is 11.5 Å². The number of rotatable bonds is 14. The molecule has 0 amide bonds. The lowest BCUT2D eigenvalue weighted by Gasteiger charge is -2.16. The second-order valence-electron chi connectivity index (χ2n) is 9.24. The zero-order valence-corrected chi connectivity index (χ0v) is 21.2. The fourth-order valence-corrected chi connectivity index (χ4v) is 4.36. The third-order valence-corrected chi connectivity index (χ3v) is 6.31. The molecular weight excluding hydrogens is 448 g/mol. The van der Waals surface area contributed by atoms with Crippen molar-refractivity contribution in [1.29, 1.82) is 0 Å². The fraction of sp³-hybridized carbons (Fsp3) is 0.571. The van der Waals surface area contributed by atoms with E-state index in [-0.39, 0.29) is 30.0 Å². The van der Waals surface area contributed by atoms with Crippen LogP contribution in [0, 0.1) is 12.8 Å². The molecule has 1 aliphatic carbocycles. The summed E-state index contributed by atoms with van der Waals surface area (Å²) in [7, 11) is 1.39. The van der Waals surface area contributed by atoms with Crippen molar-refractivity contribution in [3.05, 3.63) is 52.8 Å². The number of carbonyl (C=O) groups excluding carboxylic acids is 2. The summed E-state index contributed by atoms with van der Waals surface area (Å²) in [6.45, 7) is 3.72. The van der Waals surface area contributed by atoms with E-state index in [0.29, 0.717) is 37.9 Å². The minimum absolute atomic E-state index is 0.206. The number of aliphatic hydroxyl groups is 2. The lowest BCUT2D eigenvalue weighted by Crippen LogP contribution is -2.16. The van der Waals surface area contributed by atoms with Gasteiger partial charge in [0.05, 0.1) is 19.3 Å². The van der Waals surface area contributed by atoms with Gasteiger partial charge in [-0.2, -0.15) is 0 Å². The Hall–Kier alpha value is -2.64. The number of phenols is 1. The second-order valence-corrected chi connectivity index (χ2v) is 9.24. The van der Waals surface area contributed by atoms with Crippen LogP contribution in [-0.4, -0.2) is 46.6 Å². The van der Waals surface area contributed by atoms with Crippen molar-refractivity contribution in [1.82, 2.24) is 0 Å². The molecule has 0 unspecified atom stereocenters. The van der Waals surface area contributed by atoms with E-state index >= 15 is 0 Å². The van der Waals surface area contributed by atoms with Crippen LogP contribution in [0.1, 0.15) is 75.8 Å². The number of benzene rings is 1. The van der Waals surface area contributed by atoms with Gasteiger partial charge in [-0.1, -0.05) is 44.1 Å². The lowest BCUT2D eigenvalue weighted by molar-refractivity contribution is -0.141. The van der Waals surface area contributed by atoms with E-state index in [2.05, 4.69) is 4.74 Å². The van der Waals surface area contributed by atoms with Crippen LogP contribution in [0.4, 0.5) is 0 Å². The van der Waals surface area contributed by atoms with Crippen LogP contribution in [0.15, 0.2) is 41.7 Å². The Kier molecular flexibility index (Phi) is 12.0. The molecule has 1 aromatic carbocycles. The van der Waals surface area contributed by atoms with Crippen LogP contribution < -0.4 is 0 Å². The lowest BCUT2D eigenvalue weighted by atomic mass is 9.93. The molecule has 0 aliphatic heterocycles. The largest absolute Gasteiger partial charge is 0.508 e. The van der Waals surface area contributed by atoms with Crippen molar-refractivity contribution < 1.29 is 34.4 Å². The van der Waals surface area contributed by atoms with Crippen LogP contribution in [0.2, 0.25) is 0 Å². The molecule has 0 fully saturated rings. The first-order valence-electron chi connectivity index (χ1n) is 12.6. The van der Waals surface area contributed by atoms with Gasteiger partial charge in [-0.25, -0.2) is 0 Å². The molecule has 1 aliphatic rings. The summed E-state index contributed by atoms with van der Waals surface area (Å²) >= 11 is 0. The molecule has 3 atom stereocenters. The van der Waals surface area contributed by atoms with E-state index in [0.717, 1.165) is 42.4 Å². The average Bonchev–Trinajstić information content (AvgIpc) is 3.10. The Morgan fingerprint density at radius 1 is 1.14 bits per heavy atom. The Morgan fingerprint density at radius 3 is 2.57 bits per heavy atom. The molecule has 1 aromatic rings. The molecule has 0 saturated heterocycles. The number of aromatic hydroxyl groups is 1. The number of hydrogen-bond acceptors (Lipinski definition) is 7. The summed E-state index contributed by atoms with van der Waals surface area (Å²) < 4.78 is 10.3. The SMILES string of the molecule is CCCC(=O)OC1=C(CCCCCCC(=O)OC)[C@@H](C=C[C@H](O)Cc2ccc(O)c(C)c2)[C@H](O)C1. The molecule has 0 aromatic heterocycles. The zero-order chi connectivity index (χ0) is 25.8. The standard InChI is InChI=1S/C28H40O7/c1-4-9-28(33)35-26-18-25(31)22(23(26)10-7-5-6-8-11-27(32)34-3)14-13-21(29)17-20-12-15-24(30)19(2)16-20/h12-16,21-22,25,29-31H,4-11,17-18H2,1-3H3/t21-,22+,25+/m0/s1. The third kappa shape index (κ3) is 9.49. The molecule has 7 heteroatoms. The Bertz CT molecular complexity index is 903. The maximum Gasteiger partial charge on any atom is 0.310 e. The molecular formula is C28H40O7. The molecule has 0 saturated carbocycles. The Labute approximate surface area is 208 Å². The van der Waals surface area contributed by atoms with Gasteiger partial charge in [-0.15, -0.1) is 0 Å². The van der Waals surface area contributed by atoms with Gasteiger partial charge < -0.3 is 24.8 Å². The minimum atomic E-state index is -0.752. The summed E-state index contributed by atoms with van der Waals surface area (Å²) in [5.74, 6) is -0.0618. The average molecular weight is 489 g/mol. The topological polar surface area (TPSA) is 113 Å². The number of esters is 2. The molecule has 0 radical (unpaired) electrons. The second kappa shape index (κ2) is 14.7. The van der Waals surface area contributed by atoms with E-state index in [1.807, 2.05) is 26.0 Å². The van der Waals surface area contributed by atoms with Crippen LogP contribution >= 0.6 is 0 Å². The number of methoxy groups -OCH3 is 1. The first-order valence-corrected chi connectivity index (χ1v) is 12.6. The molecule has 35 heavy (non-hydrogen) atoms. The monoisotopic (exact) mass is 488 g/mol. The number of aryl methyl sites for hydroxylation is 1. The van der Waals surface area contributed by atoms with Gasteiger partial charge in [-0.05, 0) is 55.4 Å². The van der Waals surface area contributed by atoms with Gasteiger partial charge in [0, 0.05) is 31.6 Å². The number of ether oxygens (including phenoxy) is 2. The van der Waals surface area contributed by atoms with E-state index < -0.39 is 12.2 Å². The van der Waals surface area contributed by atoms with E-state index in [4.69, 9.17) is 4.74 Å². The van der Waals surface area contributed by atoms with E-state index in [1.54, 1.807) is 18.2 Å². The first-order chi connectivity index (χ1) is 16.7. The highest BCUT2D eigenvalue weighted by atomic mass is 16.5. The van der Waals surface area contributed by atoms with Gasteiger partial charge in [0.15, 0.2) is 0 Å². The van der Waals surface area contributed by atoms with Crippen molar-refractivity contribution in [2.45, 2.75) is 90.3 Å². The van der Waals surface area contributed by atoms with Gasteiger partial charge in [-0.3, -0.25) is 9.59 Å². The van der Waals surface area contributed by atoms with Crippen LogP contribution in [0.3, 0.4) is 0 Å².